The number of hydrogen-bond acceptors (Lipinski definition) is 2. The van der Waals surface area contributed by atoms with Gasteiger partial charge < -0.3 is 5.11 Å². The molecule has 0 amide bonds. The van der Waals surface area contributed by atoms with Crippen LogP contribution in [0.3, 0.4) is 0 Å². The fourth-order valence-corrected chi connectivity index (χ4v) is 1.31. The van der Waals surface area contributed by atoms with E-state index in [-0.39, 0.29) is 6.61 Å². The topological polar surface area (TPSA) is 44.0 Å². The second-order valence-electron chi connectivity index (χ2n) is 2.77. The Labute approximate surface area is 88.1 Å². The molecule has 0 bridgehead atoms. The average molecular weight is 208 g/mol. The molecule has 0 spiro atoms. The zero-order valence-electron chi connectivity index (χ0n) is 7.57. The maximum Gasteiger partial charge on any atom is 0.0688 e. The van der Waals surface area contributed by atoms with Gasteiger partial charge >= 0.3 is 0 Å². The van der Waals surface area contributed by atoms with Crippen LogP contribution in [-0.2, 0) is 6.61 Å². The van der Waals surface area contributed by atoms with Crippen LogP contribution in [0.1, 0.15) is 17.5 Å². The molecular weight excluding hydrogens is 198 g/mol. The molecule has 3 heteroatoms. The van der Waals surface area contributed by atoms with Crippen LogP contribution >= 0.6 is 11.6 Å². The monoisotopic (exact) mass is 207 g/mol. The van der Waals surface area contributed by atoms with Crippen molar-refractivity contribution >= 4 is 17.7 Å². The summed E-state index contributed by atoms with van der Waals surface area (Å²) in [7, 11) is 0. The van der Waals surface area contributed by atoms with E-state index in [1.807, 2.05) is 18.2 Å². The Morgan fingerprint density at radius 1 is 1.50 bits per heavy atom. The predicted molar refractivity (Wildman–Crippen MR) is 56.6 cm³/mol. The van der Waals surface area contributed by atoms with Gasteiger partial charge in [-0.2, -0.15) is 5.26 Å². The number of nitrogens with zero attached hydrogens (tertiary/aromatic N) is 1. The van der Waals surface area contributed by atoms with E-state index in [0.717, 1.165) is 11.1 Å². The van der Waals surface area contributed by atoms with Gasteiger partial charge in [-0.1, -0.05) is 29.8 Å². The fourth-order valence-electron chi connectivity index (χ4n) is 1.11. The smallest absolute Gasteiger partial charge is 0.0688 e. The van der Waals surface area contributed by atoms with Gasteiger partial charge in [-0.3, -0.25) is 0 Å². The van der Waals surface area contributed by atoms with E-state index < -0.39 is 0 Å². The van der Waals surface area contributed by atoms with Crippen LogP contribution in [0.4, 0.5) is 0 Å². The number of nitriles is 1. The van der Waals surface area contributed by atoms with Crippen molar-refractivity contribution in [1.29, 1.82) is 5.26 Å². The molecular formula is C11H10ClNO. The summed E-state index contributed by atoms with van der Waals surface area (Å²) in [4.78, 5) is 0. The van der Waals surface area contributed by atoms with Crippen molar-refractivity contribution in [2.24, 2.45) is 0 Å². The zero-order valence-corrected chi connectivity index (χ0v) is 8.33. The maximum atomic E-state index is 9.04. The van der Waals surface area contributed by atoms with Gasteiger partial charge in [-0.05, 0) is 23.3 Å². The standard InChI is InChI=1S/C11H10ClNO/c12-11-5-4-9(3-1-2-6-13)10(7-11)8-14/h1,3-5,7,14H,2,8H2. The Hall–Kier alpha value is -1.30. The van der Waals surface area contributed by atoms with Crippen LogP contribution in [0.5, 0.6) is 0 Å². The summed E-state index contributed by atoms with van der Waals surface area (Å²) in [6.45, 7) is -0.0488. The van der Waals surface area contributed by atoms with E-state index in [1.54, 1.807) is 18.2 Å². The van der Waals surface area contributed by atoms with Crippen molar-refractivity contribution in [1.82, 2.24) is 0 Å². The minimum absolute atomic E-state index is 0.0488. The summed E-state index contributed by atoms with van der Waals surface area (Å²) >= 11 is 5.77. The summed E-state index contributed by atoms with van der Waals surface area (Å²) in [6.07, 6.45) is 3.93. The summed E-state index contributed by atoms with van der Waals surface area (Å²) in [5.41, 5.74) is 1.67. The van der Waals surface area contributed by atoms with Gasteiger partial charge in [-0.25, -0.2) is 0 Å². The molecule has 2 nitrogen and oxygen atoms in total. The quantitative estimate of drug-likeness (QED) is 0.829. The minimum atomic E-state index is -0.0488. The van der Waals surface area contributed by atoms with E-state index >= 15 is 0 Å². The molecule has 1 aromatic rings. The third kappa shape index (κ3) is 2.88. The molecule has 0 radical (unpaired) electrons. The molecule has 0 saturated carbocycles. The number of aliphatic hydroxyl groups is 1. The normalized spacial score (nSPS) is 10.4. The molecule has 0 fully saturated rings. The van der Waals surface area contributed by atoms with Crippen LogP contribution < -0.4 is 0 Å². The molecule has 72 valence electrons. The molecule has 0 aliphatic rings. The summed E-state index contributed by atoms with van der Waals surface area (Å²) < 4.78 is 0. The number of allylic oxidation sites excluding steroid dienone is 1. The lowest BCUT2D eigenvalue weighted by Crippen LogP contribution is -1.87. The molecule has 0 heterocycles. The molecule has 0 aliphatic carbocycles. The molecule has 0 atom stereocenters. The Bertz CT molecular complexity index is 379. The fraction of sp³-hybridized carbons (Fsp3) is 0.182. The highest BCUT2D eigenvalue weighted by atomic mass is 35.5. The van der Waals surface area contributed by atoms with E-state index in [4.69, 9.17) is 22.0 Å². The van der Waals surface area contributed by atoms with Crippen molar-refractivity contribution in [2.45, 2.75) is 13.0 Å². The zero-order chi connectivity index (χ0) is 10.4. The number of aliphatic hydroxyl groups excluding tert-OH is 1. The number of halogens is 1. The first-order valence-electron chi connectivity index (χ1n) is 4.20. The van der Waals surface area contributed by atoms with E-state index in [0.29, 0.717) is 11.4 Å². The average Bonchev–Trinajstić information content (AvgIpc) is 2.20. The molecule has 0 aliphatic heterocycles. The first-order valence-corrected chi connectivity index (χ1v) is 4.58. The SMILES string of the molecule is N#CCC=Cc1ccc(Cl)cc1CO. The van der Waals surface area contributed by atoms with E-state index in [2.05, 4.69) is 0 Å². The van der Waals surface area contributed by atoms with Gasteiger partial charge in [0.25, 0.3) is 0 Å². The lowest BCUT2D eigenvalue weighted by atomic mass is 10.1. The molecule has 0 unspecified atom stereocenters. The van der Waals surface area contributed by atoms with Crippen LogP contribution in [-0.4, -0.2) is 5.11 Å². The van der Waals surface area contributed by atoms with Gasteiger partial charge in [0.05, 0.1) is 19.1 Å². The minimum Gasteiger partial charge on any atom is -0.392 e. The molecule has 0 aromatic heterocycles. The molecule has 1 rings (SSSR count). The van der Waals surface area contributed by atoms with Crippen molar-refractivity contribution < 1.29 is 5.11 Å². The Morgan fingerprint density at radius 3 is 2.93 bits per heavy atom. The van der Waals surface area contributed by atoms with Gasteiger partial charge in [0.15, 0.2) is 0 Å². The highest BCUT2D eigenvalue weighted by Crippen LogP contribution is 2.17. The molecule has 14 heavy (non-hydrogen) atoms. The Morgan fingerprint density at radius 2 is 2.29 bits per heavy atom. The van der Waals surface area contributed by atoms with E-state index in [9.17, 15) is 0 Å². The third-order valence-electron chi connectivity index (χ3n) is 1.78. The third-order valence-corrected chi connectivity index (χ3v) is 2.02. The van der Waals surface area contributed by atoms with Crippen LogP contribution in [0.25, 0.3) is 6.08 Å². The molecule has 1 aromatic carbocycles. The van der Waals surface area contributed by atoms with Crippen molar-refractivity contribution in [3.63, 3.8) is 0 Å². The second-order valence-corrected chi connectivity index (χ2v) is 3.20. The van der Waals surface area contributed by atoms with Crippen LogP contribution in [0, 0.1) is 11.3 Å². The highest BCUT2D eigenvalue weighted by molar-refractivity contribution is 6.30. The van der Waals surface area contributed by atoms with Crippen molar-refractivity contribution in [2.75, 3.05) is 0 Å². The van der Waals surface area contributed by atoms with Crippen LogP contribution in [0.2, 0.25) is 5.02 Å². The number of rotatable bonds is 3. The van der Waals surface area contributed by atoms with Crippen LogP contribution in [0.15, 0.2) is 24.3 Å². The number of benzene rings is 1. The summed E-state index contributed by atoms with van der Waals surface area (Å²) in [6, 6.07) is 7.31. The lowest BCUT2D eigenvalue weighted by molar-refractivity contribution is 0.281. The number of hydrogen-bond donors (Lipinski definition) is 1. The Balaban J connectivity index is 2.92. The second kappa shape index (κ2) is 5.43. The van der Waals surface area contributed by atoms with Crippen molar-refractivity contribution in [3.8, 4) is 6.07 Å². The summed E-state index contributed by atoms with van der Waals surface area (Å²) in [5, 5.41) is 18.0. The first kappa shape index (κ1) is 10.8. The van der Waals surface area contributed by atoms with E-state index in [1.165, 1.54) is 0 Å². The van der Waals surface area contributed by atoms with Crippen molar-refractivity contribution in [3.05, 3.63) is 40.4 Å². The highest BCUT2D eigenvalue weighted by Gasteiger charge is 1.98. The van der Waals surface area contributed by atoms with Gasteiger partial charge in [0.2, 0.25) is 0 Å². The summed E-state index contributed by atoms with van der Waals surface area (Å²) in [5.74, 6) is 0. The maximum absolute atomic E-state index is 9.04. The first-order chi connectivity index (χ1) is 6.77. The largest absolute Gasteiger partial charge is 0.392 e. The lowest BCUT2D eigenvalue weighted by Gasteiger charge is -2.02. The predicted octanol–water partition coefficient (Wildman–Crippen LogP) is 2.76. The molecule has 1 N–H and O–H groups in total. The van der Waals surface area contributed by atoms with Gasteiger partial charge in [0, 0.05) is 5.02 Å². The Kier molecular flexibility index (Phi) is 4.18. The molecule has 0 saturated heterocycles. The van der Waals surface area contributed by atoms with Gasteiger partial charge in [0.1, 0.15) is 0 Å². The van der Waals surface area contributed by atoms with Gasteiger partial charge in [-0.15, -0.1) is 0 Å².